The summed E-state index contributed by atoms with van der Waals surface area (Å²) < 4.78 is 1.45. The van der Waals surface area contributed by atoms with Crippen LogP contribution in [0.5, 0.6) is 0 Å². The number of tetrazole rings is 1. The zero-order valence-electron chi connectivity index (χ0n) is 17.5. The summed E-state index contributed by atoms with van der Waals surface area (Å²) in [6.07, 6.45) is -1.63. The molecule has 15 heteroatoms. The van der Waals surface area contributed by atoms with Crippen LogP contribution in [0.4, 0.5) is 0 Å². The first-order chi connectivity index (χ1) is 16.2. The number of aromatic carboxylic acids is 1. The third-order valence-corrected chi connectivity index (χ3v) is 7.66. The predicted octanol–water partition coefficient (Wildman–Crippen LogP) is -0.527. The van der Waals surface area contributed by atoms with Gasteiger partial charge in [-0.2, -0.15) is 0 Å². The minimum Gasteiger partial charge on any atom is -0.478 e. The number of rotatable bonds is 8. The standard InChI is InChI=1S/C19H18N6O7S2/c1-24-19(21-22-23-24)34-7-10-6-33-16-11(15(28)25(16)12(10)18(31)32)20-14(27)13(26)8-2-4-9(5-3-8)17(29)30/h2-5,11,13,16,26H,6-7H2,1H3,(H,20,27)(H,29,30)(H,31,32)/t11?,13?,16-/m0/s1. The van der Waals surface area contributed by atoms with E-state index in [0.717, 1.165) is 4.90 Å². The molecule has 178 valence electrons. The van der Waals surface area contributed by atoms with Crippen LogP contribution >= 0.6 is 23.5 Å². The number of hydrogen-bond donors (Lipinski definition) is 4. The normalized spacial score (nSPS) is 20.4. The number of aromatic nitrogens is 4. The van der Waals surface area contributed by atoms with Gasteiger partial charge in [-0.1, -0.05) is 23.9 Å². The van der Waals surface area contributed by atoms with Crippen LogP contribution in [0.25, 0.3) is 0 Å². The molecule has 4 N–H and O–H groups in total. The molecule has 1 fully saturated rings. The SMILES string of the molecule is Cn1nnnc1SCC1=C(C(=O)O)N2C(=O)C(NC(=O)C(O)c3ccc(C(=O)O)cc3)[C@@H]2SC1. The number of nitrogens with one attached hydrogen (secondary N) is 1. The molecule has 0 saturated carbocycles. The number of fused-ring (bicyclic) bond motifs is 1. The molecule has 1 saturated heterocycles. The quantitative estimate of drug-likeness (QED) is 0.265. The third-order valence-electron chi connectivity index (χ3n) is 5.23. The lowest BCUT2D eigenvalue weighted by atomic mass is 10.0. The van der Waals surface area contributed by atoms with Crippen LogP contribution in [0.1, 0.15) is 22.0 Å². The number of aliphatic hydroxyl groups is 1. The summed E-state index contributed by atoms with van der Waals surface area (Å²) in [5.74, 6) is -3.26. The van der Waals surface area contributed by atoms with E-state index in [1.807, 2.05) is 0 Å². The molecule has 34 heavy (non-hydrogen) atoms. The Balaban J connectivity index is 1.44. The van der Waals surface area contributed by atoms with Crippen LogP contribution in [0, 0.1) is 0 Å². The summed E-state index contributed by atoms with van der Waals surface area (Å²) in [5.41, 5.74) is 0.549. The topological polar surface area (TPSA) is 188 Å². The zero-order valence-corrected chi connectivity index (χ0v) is 19.1. The number of benzene rings is 1. The first-order valence-electron chi connectivity index (χ1n) is 9.76. The van der Waals surface area contributed by atoms with E-state index in [1.54, 1.807) is 7.05 Å². The molecule has 2 unspecified atom stereocenters. The smallest absolute Gasteiger partial charge is 0.352 e. The summed E-state index contributed by atoms with van der Waals surface area (Å²) >= 11 is 2.54. The Bertz CT molecular complexity index is 1200. The third kappa shape index (κ3) is 4.36. The van der Waals surface area contributed by atoms with E-state index in [4.69, 9.17) is 5.11 Å². The van der Waals surface area contributed by atoms with Gasteiger partial charge in [-0.25, -0.2) is 14.3 Å². The molecule has 2 aromatic rings. The summed E-state index contributed by atoms with van der Waals surface area (Å²) in [6, 6.07) is 4.11. The number of carboxylic acid groups (broad SMARTS) is 2. The lowest BCUT2D eigenvalue weighted by molar-refractivity contribution is -0.151. The fourth-order valence-electron chi connectivity index (χ4n) is 3.48. The second-order valence-corrected chi connectivity index (χ2v) is 9.40. The highest BCUT2D eigenvalue weighted by Crippen LogP contribution is 2.41. The van der Waals surface area contributed by atoms with Gasteiger partial charge in [-0.15, -0.1) is 16.9 Å². The van der Waals surface area contributed by atoms with Crippen LogP contribution in [-0.4, -0.2) is 87.1 Å². The largest absolute Gasteiger partial charge is 0.478 e. The van der Waals surface area contributed by atoms with E-state index in [2.05, 4.69) is 20.8 Å². The van der Waals surface area contributed by atoms with Crippen molar-refractivity contribution in [3.8, 4) is 0 Å². The summed E-state index contributed by atoms with van der Waals surface area (Å²) in [5, 5.41) is 42.4. The van der Waals surface area contributed by atoms with Gasteiger partial charge in [-0.3, -0.25) is 14.5 Å². The number of carbonyl (C=O) groups excluding carboxylic acids is 2. The maximum Gasteiger partial charge on any atom is 0.352 e. The predicted molar refractivity (Wildman–Crippen MR) is 118 cm³/mol. The van der Waals surface area contributed by atoms with Crippen molar-refractivity contribution in [3.05, 3.63) is 46.7 Å². The van der Waals surface area contributed by atoms with Gasteiger partial charge in [0.25, 0.3) is 11.8 Å². The molecule has 0 aliphatic carbocycles. The molecule has 0 spiro atoms. The van der Waals surface area contributed by atoms with Crippen molar-refractivity contribution in [2.75, 3.05) is 11.5 Å². The van der Waals surface area contributed by atoms with Crippen molar-refractivity contribution >= 4 is 47.3 Å². The number of amides is 2. The van der Waals surface area contributed by atoms with Gasteiger partial charge >= 0.3 is 11.9 Å². The van der Waals surface area contributed by atoms with E-state index in [0.29, 0.717) is 16.5 Å². The first-order valence-corrected chi connectivity index (χ1v) is 11.8. The molecule has 4 rings (SSSR count). The second kappa shape index (κ2) is 9.44. The molecule has 1 aromatic heterocycles. The van der Waals surface area contributed by atoms with Gasteiger partial charge in [0.05, 0.1) is 5.56 Å². The monoisotopic (exact) mass is 506 g/mol. The van der Waals surface area contributed by atoms with Crippen molar-refractivity contribution in [1.29, 1.82) is 0 Å². The Kier molecular flexibility index (Phi) is 6.58. The number of aliphatic carboxylic acids is 1. The first kappa shape index (κ1) is 23.7. The van der Waals surface area contributed by atoms with Gasteiger partial charge in [0.2, 0.25) is 5.16 Å². The number of aliphatic hydroxyl groups excluding tert-OH is 1. The van der Waals surface area contributed by atoms with Gasteiger partial charge < -0.3 is 20.6 Å². The average Bonchev–Trinajstić information content (AvgIpc) is 3.24. The molecule has 3 atom stereocenters. The minimum absolute atomic E-state index is 0.00262. The van der Waals surface area contributed by atoms with Gasteiger partial charge in [0, 0.05) is 18.6 Å². The molecule has 13 nitrogen and oxygen atoms in total. The van der Waals surface area contributed by atoms with Crippen molar-refractivity contribution in [1.82, 2.24) is 30.4 Å². The molecule has 0 radical (unpaired) electrons. The van der Waals surface area contributed by atoms with Gasteiger partial charge in [0.1, 0.15) is 17.1 Å². The number of carbonyl (C=O) groups is 4. The van der Waals surface area contributed by atoms with E-state index in [-0.39, 0.29) is 22.6 Å². The van der Waals surface area contributed by atoms with Crippen molar-refractivity contribution in [3.63, 3.8) is 0 Å². The Morgan fingerprint density at radius 3 is 2.53 bits per heavy atom. The molecule has 2 aliphatic heterocycles. The summed E-state index contributed by atoms with van der Waals surface area (Å²) in [7, 11) is 1.65. The summed E-state index contributed by atoms with van der Waals surface area (Å²) in [6.45, 7) is 0. The average molecular weight is 507 g/mol. The van der Waals surface area contributed by atoms with E-state index in [9.17, 15) is 29.4 Å². The minimum atomic E-state index is -1.63. The Morgan fingerprint density at radius 1 is 1.24 bits per heavy atom. The second-order valence-electron chi connectivity index (χ2n) is 7.36. The summed E-state index contributed by atoms with van der Waals surface area (Å²) in [4.78, 5) is 49.3. The van der Waals surface area contributed by atoms with Crippen molar-refractivity contribution in [2.24, 2.45) is 7.05 Å². The van der Waals surface area contributed by atoms with E-state index < -0.39 is 41.3 Å². The molecule has 3 heterocycles. The van der Waals surface area contributed by atoms with Crippen LogP contribution in [-0.2, 0) is 21.4 Å². The lowest BCUT2D eigenvalue weighted by Crippen LogP contribution is -2.70. The van der Waals surface area contributed by atoms with E-state index in [1.165, 1.54) is 52.5 Å². The highest BCUT2D eigenvalue weighted by molar-refractivity contribution is 8.01. The highest BCUT2D eigenvalue weighted by atomic mass is 32.2. The van der Waals surface area contributed by atoms with Crippen LogP contribution in [0.3, 0.4) is 0 Å². The van der Waals surface area contributed by atoms with E-state index >= 15 is 0 Å². The number of thioether (sulfide) groups is 2. The van der Waals surface area contributed by atoms with Gasteiger partial charge in [-0.05, 0) is 33.7 Å². The van der Waals surface area contributed by atoms with Crippen molar-refractivity contribution in [2.45, 2.75) is 22.7 Å². The zero-order chi connectivity index (χ0) is 24.6. The number of carboxylic acids is 2. The number of nitrogens with zero attached hydrogens (tertiary/aromatic N) is 5. The lowest BCUT2D eigenvalue weighted by Gasteiger charge is -2.49. The Hall–Kier alpha value is -3.43. The van der Waals surface area contributed by atoms with Crippen LogP contribution in [0.2, 0.25) is 0 Å². The molecule has 0 bridgehead atoms. The fraction of sp³-hybridized carbons (Fsp3) is 0.316. The Morgan fingerprint density at radius 2 is 1.94 bits per heavy atom. The maximum absolute atomic E-state index is 12.8. The van der Waals surface area contributed by atoms with Crippen LogP contribution in [0.15, 0.2) is 40.7 Å². The molecule has 2 aliphatic rings. The Labute approximate surface area is 200 Å². The van der Waals surface area contributed by atoms with Crippen LogP contribution < -0.4 is 5.32 Å². The number of aryl methyl sites for hydroxylation is 1. The molecular formula is C19H18N6O7S2. The molecular weight excluding hydrogens is 488 g/mol. The highest BCUT2D eigenvalue weighted by Gasteiger charge is 2.54. The number of β-lactam (4-membered cyclic amide) rings is 1. The molecule has 2 amide bonds. The fourth-order valence-corrected chi connectivity index (χ4v) is 5.82. The number of hydrogen-bond acceptors (Lipinski definition) is 10. The van der Waals surface area contributed by atoms with Gasteiger partial charge in [0.15, 0.2) is 6.10 Å². The van der Waals surface area contributed by atoms with Crippen molar-refractivity contribution < 1.29 is 34.5 Å². The maximum atomic E-state index is 12.8. The molecule has 1 aromatic carbocycles.